The van der Waals surface area contributed by atoms with Crippen molar-refractivity contribution in [3.05, 3.63) is 41.9 Å². The van der Waals surface area contributed by atoms with Gasteiger partial charge in [0.15, 0.2) is 10.7 Å². The third-order valence-corrected chi connectivity index (χ3v) is 7.05. The predicted octanol–water partition coefficient (Wildman–Crippen LogP) is 3.95. The topological polar surface area (TPSA) is 151 Å². The van der Waals surface area contributed by atoms with Crippen LogP contribution in [0.2, 0.25) is 0 Å². The molecule has 0 unspecified atom stereocenters. The van der Waals surface area contributed by atoms with Gasteiger partial charge in [0.2, 0.25) is 16.0 Å². The third kappa shape index (κ3) is 7.06. The lowest BCUT2D eigenvalue weighted by atomic mass is 9.96. The number of methoxy groups -OCH3 is 1. The molecule has 3 rings (SSSR count). The number of halogens is 2. The zero-order valence-corrected chi connectivity index (χ0v) is 23.5. The summed E-state index contributed by atoms with van der Waals surface area (Å²) in [4.78, 5) is 26.8. The predicted molar refractivity (Wildman–Crippen MR) is 143 cm³/mol. The van der Waals surface area contributed by atoms with E-state index in [1.165, 1.54) is 13.3 Å². The molecule has 0 aliphatic heterocycles. The summed E-state index contributed by atoms with van der Waals surface area (Å²) in [5, 5.41) is 5.63. The highest BCUT2D eigenvalue weighted by molar-refractivity contribution is 7.89. The molecule has 0 radical (unpaired) electrons. The smallest absolute Gasteiger partial charge is 0.407 e. The van der Waals surface area contributed by atoms with Gasteiger partial charge in [-0.25, -0.2) is 41.7 Å². The van der Waals surface area contributed by atoms with Crippen LogP contribution in [-0.4, -0.2) is 60.7 Å². The number of benzene rings is 1. The molecule has 2 heterocycles. The number of aromatic amines is 1. The number of amides is 1. The van der Waals surface area contributed by atoms with Gasteiger partial charge in [-0.05, 0) is 31.5 Å². The van der Waals surface area contributed by atoms with Crippen LogP contribution in [0, 0.1) is 11.6 Å². The number of carbonyl (C=O) groups is 1. The SMILES string of the molecule is CCCNS(=O)(=O)c1c(F)ccc(-c2nc(C(C)(C)C)[nH]c2-c2ccnc(NC[C@H](C)NC(=O)OC)n2)c1F. The van der Waals surface area contributed by atoms with E-state index in [-0.39, 0.29) is 36.3 Å². The summed E-state index contributed by atoms with van der Waals surface area (Å²) >= 11 is 0. The zero-order chi connectivity index (χ0) is 29.0. The van der Waals surface area contributed by atoms with Crippen molar-refractivity contribution in [3.8, 4) is 22.6 Å². The molecule has 4 N–H and O–H groups in total. The number of nitrogens with zero attached hydrogens (tertiary/aromatic N) is 3. The Labute approximate surface area is 226 Å². The molecular formula is C25H33F2N7O4S. The summed E-state index contributed by atoms with van der Waals surface area (Å²) in [6.45, 7) is 9.48. The van der Waals surface area contributed by atoms with E-state index >= 15 is 4.39 Å². The number of anilines is 1. The Morgan fingerprint density at radius 3 is 2.54 bits per heavy atom. The number of carbonyl (C=O) groups excluding carboxylic acids is 1. The van der Waals surface area contributed by atoms with Crippen LogP contribution in [0.1, 0.15) is 46.9 Å². The average molecular weight is 566 g/mol. The van der Waals surface area contributed by atoms with Crippen molar-refractivity contribution in [3.63, 3.8) is 0 Å². The fraction of sp³-hybridized carbons (Fsp3) is 0.440. The lowest BCUT2D eigenvalue weighted by Gasteiger charge is -2.14. The van der Waals surface area contributed by atoms with Crippen LogP contribution < -0.4 is 15.4 Å². The van der Waals surface area contributed by atoms with E-state index in [0.29, 0.717) is 23.6 Å². The van der Waals surface area contributed by atoms with Gasteiger partial charge in [-0.2, -0.15) is 0 Å². The molecule has 0 saturated carbocycles. The molecular weight excluding hydrogens is 532 g/mol. The Morgan fingerprint density at radius 1 is 1.18 bits per heavy atom. The quantitative estimate of drug-likeness (QED) is 0.289. The second kappa shape index (κ2) is 12.0. The van der Waals surface area contributed by atoms with Crippen LogP contribution in [0.25, 0.3) is 22.6 Å². The van der Waals surface area contributed by atoms with Gasteiger partial charge in [0.25, 0.3) is 0 Å². The fourth-order valence-corrected chi connectivity index (χ4v) is 4.81. The Balaban J connectivity index is 2.09. The highest BCUT2D eigenvalue weighted by Crippen LogP contribution is 2.36. The largest absolute Gasteiger partial charge is 0.453 e. The summed E-state index contributed by atoms with van der Waals surface area (Å²) in [7, 11) is -3.19. The molecule has 1 atom stereocenters. The van der Waals surface area contributed by atoms with E-state index in [2.05, 4.69) is 40.0 Å². The van der Waals surface area contributed by atoms with Gasteiger partial charge in [-0.1, -0.05) is 27.7 Å². The van der Waals surface area contributed by atoms with Crippen molar-refractivity contribution in [2.75, 3.05) is 25.5 Å². The monoisotopic (exact) mass is 565 g/mol. The van der Waals surface area contributed by atoms with Crippen LogP contribution in [-0.2, 0) is 20.2 Å². The number of aromatic nitrogens is 4. The zero-order valence-electron chi connectivity index (χ0n) is 22.6. The van der Waals surface area contributed by atoms with Crippen LogP contribution in [0.5, 0.6) is 0 Å². The number of imidazole rings is 1. The van der Waals surface area contributed by atoms with Crippen LogP contribution in [0.4, 0.5) is 19.5 Å². The second-order valence-corrected chi connectivity index (χ2v) is 11.6. The van der Waals surface area contributed by atoms with Gasteiger partial charge >= 0.3 is 6.09 Å². The standard InChI is InChI=1S/C25H33F2N7O4S/c1-7-11-30-39(36,37)21-16(26)9-8-15(18(21)27)19-20(34-22(33-19)25(3,4)5)17-10-12-28-23(32-17)29-13-14(2)31-24(35)38-6/h8-10,12,14,30H,7,11,13H2,1-6H3,(H,31,35)(H,33,34)(H,28,29,32)/t14-/m0/s1. The van der Waals surface area contributed by atoms with Crippen molar-refractivity contribution >= 4 is 22.1 Å². The van der Waals surface area contributed by atoms with Gasteiger partial charge in [0, 0.05) is 36.3 Å². The average Bonchev–Trinajstić information content (AvgIpc) is 3.32. The maximum atomic E-state index is 15.8. The van der Waals surface area contributed by atoms with E-state index in [1.807, 2.05) is 20.8 Å². The fourth-order valence-electron chi connectivity index (χ4n) is 3.52. The summed E-state index contributed by atoms with van der Waals surface area (Å²) in [6, 6.07) is 3.31. The second-order valence-electron chi connectivity index (χ2n) is 9.88. The van der Waals surface area contributed by atoms with Crippen LogP contribution >= 0.6 is 0 Å². The maximum Gasteiger partial charge on any atom is 0.407 e. The van der Waals surface area contributed by atoms with Crippen LogP contribution in [0.15, 0.2) is 29.3 Å². The lowest BCUT2D eigenvalue weighted by Crippen LogP contribution is -2.37. The number of ether oxygens (including phenoxy) is 1. The van der Waals surface area contributed by atoms with E-state index in [0.717, 1.165) is 12.1 Å². The Morgan fingerprint density at radius 2 is 1.90 bits per heavy atom. The van der Waals surface area contributed by atoms with E-state index in [1.54, 1.807) is 19.9 Å². The molecule has 1 amide bonds. The van der Waals surface area contributed by atoms with Gasteiger partial charge in [0.05, 0.1) is 18.5 Å². The minimum atomic E-state index is -4.46. The number of sulfonamides is 1. The maximum absolute atomic E-state index is 15.8. The number of H-pyrrole nitrogens is 1. The Bertz CT molecular complexity index is 1440. The lowest BCUT2D eigenvalue weighted by molar-refractivity contribution is 0.168. The molecule has 14 heteroatoms. The van der Waals surface area contributed by atoms with Gasteiger partial charge in [0.1, 0.15) is 17.3 Å². The van der Waals surface area contributed by atoms with Gasteiger partial charge in [-0.15, -0.1) is 0 Å². The molecule has 212 valence electrons. The first-order valence-corrected chi connectivity index (χ1v) is 13.8. The number of rotatable bonds is 10. The number of hydrogen-bond donors (Lipinski definition) is 4. The highest BCUT2D eigenvalue weighted by Gasteiger charge is 2.30. The molecule has 39 heavy (non-hydrogen) atoms. The van der Waals surface area contributed by atoms with E-state index in [4.69, 9.17) is 0 Å². The molecule has 11 nitrogen and oxygen atoms in total. The Kier molecular flexibility index (Phi) is 9.22. The minimum Gasteiger partial charge on any atom is -0.453 e. The first-order valence-electron chi connectivity index (χ1n) is 12.3. The van der Waals surface area contributed by atoms with Gasteiger partial charge in [-0.3, -0.25) is 0 Å². The molecule has 2 aromatic heterocycles. The third-order valence-electron chi connectivity index (χ3n) is 5.56. The van der Waals surface area contributed by atoms with Crippen molar-refractivity contribution in [1.29, 1.82) is 0 Å². The first kappa shape index (κ1) is 29.9. The molecule has 1 aromatic carbocycles. The first-order chi connectivity index (χ1) is 18.3. The molecule has 0 aliphatic rings. The van der Waals surface area contributed by atoms with E-state index in [9.17, 15) is 17.6 Å². The summed E-state index contributed by atoms with van der Waals surface area (Å²) in [6.07, 6.45) is 1.35. The van der Waals surface area contributed by atoms with E-state index < -0.39 is 38.1 Å². The molecule has 0 bridgehead atoms. The van der Waals surface area contributed by atoms with Crippen molar-refractivity contribution in [2.24, 2.45) is 0 Å². The van der Waals surface area contributed by atoms with Crippen molar-refractivity contribution < 1.29 is 26.7 Å². The molecule has 0 aliphatic carbocycles. The molecule has 3 aromatic rings. The molecule has 0 saturated heterocycles. The number of hydrogen-bond acceptors (Lipinski definition) is 8. The van der Waals surface area contributed by atoms with Gasteiger partial charge < -0.3 is 20.4 Å². The molecule has 0 spiro atoms. The van der Waals surface area contributed by atoms with Crippen molar-refractivity contribution in [2.45, 2.75) is 57.4 Å². The number of nitrogens with one attached hydrogen (secondary N) is 4. The minimum absolute atomic E-state index is 0.0255. The van der Waals surface area contributed by atoms with Crippen LogP contribution in [0.3, 0.4) is 0 Å². The summed E-state index contributed by atoms with van der Waals surface area (Å²) < 4.78 is 62.6. The Hall–Kier alpha value is -3.65. The van der Waals surface area contributed by atoms with Crippen molar-refractivity contribution in [1.82, 2.24) is 30.0 Å². The normalized spacial score (nSPS) is 12.7. The molecule has 0 fully saturated rings. The summed E-state index contributed by atoms with van der Waals surface area (Å²) in [5.41, 5.74) is -0.0175. The highest BCUT2D eigenvalue weighted by atomic mass is 32.2. The summed E-state index contributed by atoms with van der Waals surface area (Å²) in [5.74, 6) is -1.78. The number of alkyl carbamates (subject to hydrolysis) is 1.